The van der Waals surface area contributed by atoms with Crippen LogP contribution >= 0.6 is 0 Å². The van der Waals surface area contributed by atoms with Crippen molar-refractivity contribution < 1.29 is 9.53 Å². The lowest BCUT2D eigenvalue weighted by atomic mass is 10.1. The zero-order chi connectivity index (χ0) is 20.1. The Morgan fingerprint density at radius 3 is 2.55 bits per heavy atom. The van der Waals surface area contributed by atoms with Crippen LogP contribution in [0.25, 0.3) is 0 Å². The zero-order valence-electron chi connectivity index (χ0n) is 16.6. The molecular weight excluding hydrogens is 364 g/mol. The molecule has 4 rings (SSSR count). The first-order valence-electron chi connectivity index (χ1n) is 10.4. The molecule has 0 unspecified atom stereocenters. The summed E-state index contributed by atoms with van der Waals surface area (Å²) in [5, 5.41) is 9.31. The third-order valence-electron chi connectivity index (χ3n) is 5.70. The Morgan fingerprint density at radius 1 is 1.03 bits per heavy atom. The number of carbonyl (C=O) groups is 1. The summed E-state index contributed by atoms with van der Waals surface area (Å²) in [5.41, 5.74) is 1.26. The molecule has 1 aromatic heterocycles. The normalized spacial score (nSPS) is 17.6. The van der Waals surface area contributed by atoms with Crippen LogP contribution in [-0.4, -0.2) is 48.1 Å². The first-order chi connectivity index (χ1) is 14.3. The number of rotatable bonds is 4. The van der Waals surface area contributed by atoms with E-state index < -0.39 is 0 Å². The fourth-order valence-corrected chi connectivity index (χ4v) is 4.11. The number of para-hydroxylation sites is 1. The van der Waals surface area contributed by atoms with Crippen molar-refractivity contribution >= 4 is 11.7 Å². The number of carbonyl (C=O) groups excluding carboxylic acids is 1. The summed E-state index contributed by atoms with van der Waals surface area (Å²) in [6, 6.07) is 13.4. The Bertz CT molecular complexity index is 894. The highest BCUT2D eigenvalue weighted by Crippen LogP contribution is 2.27. The highest BCUT2D eigenvalue weighted by molar-refractivity contribution is 5.97. The van der Waals surface area contributed by atoms with Gasteiger partial charge in [-0.25, -0.2) is 4.98 Å². The van der Waals surface area contributed by atoms with Gasteiger partial charge in [0.25, 0.3) is 5.91 Å². The Labute approximate surface area is 171 Å². The number of aromatic nitrogens is 1. The van der Waals surface area contributed by atoms with Crippen LogP contribution in [0.2, 0.25) is 0 Å². The zero-order valence-corrected chi connectivity index (χ0v) is 16.6. The smallest absolute Gasteiger partial charge is 0.257 e. The van der Waals surface area contributed by atoms with Crippen molar-refractivity contribution in [2.75, 3.05) is 31.1 Å². The van der Waals surface area contributed by atoms with E-state index >= 15 is 0 Å². The number of hydrogen-bond donors (Lipinski definition) is 0. The van der Waals surface area contributed by atoms with Gasteiger partial charge in [-0.2, -0.15) is 5.26 Å². The molecule has 2 aromatic rings. The van der Waals surface area contributed by atoms with Gasteiger partial charge in [-0.15, -0.1) is 0 Å². The maximum absolute atomic E-state index is 13.0. The third-order valence-corrected chi connectivity index (χ3v) is 5.70. The van der Waals surface area contributed by atoms with Crippen LogP contribution in [-0.2, 0) is 0 Å². The van der Waals surface area contributed by atoms with Gasteiger partial charge in [0.15, 0.2) is 0 Å². The second kappa shape index (κ2) is 8.95. The molecule has 0 saturated carbocycles. The van der Waals surface area contributed by atoms with Gasteiger partial charge in [0, 0.05) is 45.2 Å². The molecular formula is C23H26N4O2. The number of benzene rings is 1. The number of nitriles is 1. The van der Waals surface area contributed by atoms with Crippen molar-refractivity contribution in [1.82, 2.24) is 9.88 Å². The van der Waals surface area contributed by atoms with Crippen LogP contribution < -0.4 is 9.64 Å². The molecule has 0 aliphatic carbocycles. The minimum Gasteiger partial charge on any atom is -0.489 e. The summed E-state index contributed by atoms with van der Waals surface area (Å²) in [6.07, 6.45) is 6.78. The van der Waals surface area contributed by atoms with Crippen LogP contribution in [0.4, 0.5) is 5.82 Å². The fourth-order valence-electron chi connectivity index (χ4n) is 4.11. The van der Waals surface area contributed by atoms with Crippen molar-refractivity contribution in [1.29, 1.82) is 5.26 Å². The van der Waals surface area contributed by atoms with Gasteiger partial charge >= 0.3 is 0 Å². The number of likely N-dealkylation sites (tertiary alicyclic amines) is 1. The maximum Gasteiger partial charge on any atom is 0.257 e. The molecule has 0 bridgehead atoms. The van der Waals surface area contributed by atoms with E-state index in [1.54, 1.807) is 18.3 Å². The van der Waals surface area contributed by atoms with E-state index in [2.05, 4.69) is 16.0 Å². The molecule has 29 heavy (non-hydrogen) atoms. The average Bonchev–Trinajstić information content (AvgIpc) is 2.80. The fraction of sp³-hybridized carbons (Fsp3) is 0.435. The molecule has 0 spiro atoms. The highest BCUT2D eigenvalue weighted by atomic mass is 16.5. The molecule has 3 heterocycles. The monoisotopic (exact) mass is 390 g/mol. The molecule has 0 radical (unpaired) electrons. The topological polar surface area (TPSA) is 69.5 Å². The van der Waals surface area contributed by atoms with Gasteiger partial charge in [0.05, 0.1) is 11.1 Å². The summed E-state index contributed by atoms with van der Waals surface area (Å²) < 4.78 is 6.28. The van der Waals surface area contributed by atoms with E-state index in [1.165, 1.54) is 6.42 Å². The molecule has 1 amide bonds. The van der Waals surface area contributed by atoms with E-state index in [9.17, 15) is 10.1 Å². The second-order valence-electron chi connectivity index (χ2n) is 7.64. The Kier molecular flexibility index (Phi) is 5.95. The number of amides is 1. The number of anilines is 1. The van der Waals surface area contributed by atoms with Crippen molar-refractivity contribution in [3.63, 3.8) is 0 Å². The van der Waals surface area contributed by atoms with Crippen LogP contribution in [0, 0.1) is 11.3 Å². The summed E-state index contributed by atoms with van der Waals surface area (Å²) in [5.74, 6) is 1.50. The Morgan fingerprint density at radius 2 is 1.79 bits per heavy atom. The summed E-state index contributed by atoms with van der Waals surface area (Å²) in [4.78, 5) is 21.4. The first-order valence-corrected chi connectivity index (χ1v) is 10.4. The standard InChI is InChI=1S/C23H26N4O2/c24-17-18-7-6-12-25-22(18)26-15-10-19(11-16-26)29-21-9-3-2-8-20(21)23(28)27-13-4-1-5-14-27/h2-3,6-9,12,19H,1,4-5,10-11,13-16H2. The summed E-state index contributed by atoms with van der Waals surface area (Å²) in [7, 11) is 0. The van der Waals surface area contributed by atoms with E-state index in [4.69, 9.17) is 4.74 Å². The molecule has 1 aromatic carbocycles. The van der Waals surface area contributed by atoms with Crippen molar-refractivity contribution in [3.05, 3.63) is 53.7 Å². The average molecular weight is 390 g/mol. The van der Waals surface area contributed by atoms with Crippen molar-refractivity contribution in [3.8, 4) is 11.8 Å². The SMILES string of the molecule is N#Cc1cccnc1N1CCC(Oc2ccccc2C(=O)N2CCCCC2)CC1. The molecule has 2 aliphatic heterocycles. The molecule has 2 saturated heterocycles. The first kappa shape index (κ1) is 19.3. The van der Waals surface area contributed by atoms with Crippen molar-refractivity contribution in [2.45, 2.75) is 38.2 Å². The number of piperidine rings is 2. The van der Waals surface area contributed by atoms with Crippen LogP contribution in [0.5, 0.6) is 5.75 Å². The molecule has 0 atom stereocenters. The summed E-state index contributed by atoms with van der Waals surface area (Å²) >= 11 is 0. The number of ether oxygens (including phenoxy) is 1. The largest absolute Gasteiger partial charge is 0.489 e. The molecule has 6 heteroatoms. The van der Waals surface area contributed by atoms with Gasteiger partial charge < -0.3 is 14.5 Å². The number of hydrogen-bond acceptors (Lipinski definition) is 5. The van der Waals surface area contributed by atoms with Gasteiger partial charge in [-0.3, -0.25) is 4.79 Å². The molecule has 2 aliphatic rings. The lowest BCUT2D eigenvalue weighted by Gasteiger charge is -2.34. The second-order valence-corrected chi connectivity index (χ2v) is 7.64. The van der Waals surface area contributed by atoms with E-state index in [0.717, 1.165) is 57.7 Å². The lowest BCUT2D eigenvalue weighted by Crippen LogP contribution is -2.39. The number of pyridine rings is 1. The lowest BCUT2D eigenvalue weighted by molar-refractivity contribution is 0.0715. The van der Waals surface area contributed by atoms with Crippen LogP contribution in [0.1, 0.15) is 48.0 Å². The van der Waals surface area contributed by atoms with E-state index in [0.29, 0.717) is 16.9 Å². The van der Waals surface area contributed by atoms with Gasteiger partial charge in [-0.1, -0.05) is 12.1 Å². The molecule has 150 valence electrons. The predicted octanol–water partition coefficient (Wildman–Crippen LogP) is 3.63. The molecule has 0 N–H and O–H groups in total. The van der Waals surface area contributed by atoms with Crippen molar-refractivity contribution in [2.24, 2.45) is 0 Å². The Hall–Kier alpha value is -3.07. The minimum absolute atomic E-state index is 0.0517. The van der Waals surface area contributed by atoms with Crippen LogP contribution in [0.3, 0.4) is 0 Å². The quantitative estimate of drug-likeness (QED) is 0.797. The molecule has 6 nitrogen and oxygen atoms in total. The highest BCUT2D eigenvalue weighted by Gasteiger charge is 2.26. The summed E-state index contributed by atoms with van der Waals surface area (Å²) in [6.45, 7) is 3.21. The maximum atomic E-state index is 13.0. The Balaban J connectivity index is 1.41. The minimum atomic E-state index is 0.0517. The molecule has 2 fully saturated rings. The third kappa shape index (κ3) is 4.34. The number of nitrogens with zero attached hydrogens (tertiary/aromatic N) is 4. The van der Waals surface area contributed by atoms with Gasteiger partial charge in [-0.05, 0) is 43.5 Å². The predicted molar refractivity (Wildman–Crippen MR) is 111 cm³/mol. The van der Waals surface area contributed by atoms with Gasteiger partial charge in [0.2, 0.25) is 0 Å². The van der Waals surface area contributed by atoms with E-state index in [1.807, 2.05) is 29.2 Å². The van der Waals surface area contributed by atoms with E-state index in [-0.39, 0.29) is 12.0 Å². The van der Waals surface area contributed by atoms with Crippen LogP contribution in [0.15, 0.2) is 42.6 Å². The van der Waals surface area contributed by atoms with Gasteiger partial charge in [0.1, 0.15) is 23.7 Å².